The maximum atomic E-state index is 13.1. The van der Waals surface area contributed by atoms with Crippen molar-refractivity contribution in [2.24, 2.45) is 7.05 Å². The number of aromatic nitrogens is 4. The zero-order chi connectivity index (χ0) is 20.7. The Morgan fingerprint density at radius 1 is 1.17 bits per heavy atom. The highest BCUT2D eigenvalue weighted by Crippen LogP contribution is 2.34. The lowest BCUT2D eigenvalue weighted by molar-refractivity contribution is 0.391. The van der Waals surface area contributed by atoms with Gasteiger partial charge in [-0.15, -0.1) is 22.7 Å². The standard InChI is InChI=1S/C20H13FN4O2S3/c1-25-19(26)16-13(14-3-2-8-28-14)9-29-18(16)23-20(25)30-10-15-22-17(24-27-15)11-4-6-12(21)7-5-11/h2-9H,10H2,1H3. The van der Waals surface area contributed by atoms with E-state index in [2.05, 4.69) is 15.1 Å². The molecule has 0 radical (unpaired) electrons. The van der Waals surface area contributed by atoms with Gasteiger partial charge in [-0.2, -0.15) is 4.98 Å². The number of fused-ring (bicyclic) bond motifs is 1. The van der Waals surface area contributed by atoms with Gasteiger partial charge in [0.1, 0.15) is 10.6 Å². The molecule has 5 rings (SSSR count). The molecule has 0 N–H and O–H groups in total. The summed E-state index contributed by atoms with van der Waals surface area (Å²) in [5, 5.41) is 9.13. The SMILES string of the molecule is Cn1c(SCc2nc(-c3ccc(F)cc3)no2)nc2scc(-c3cccs3)c2c1=O. The van der Waals surface area contributed by atoms with Crippen molar-refractivity contribution in [3.63, 3.8) is 0 Å². The number of thiophene rings is 2. The fraction of sp³-hybridized carbons (Fsp3) is 0.100. The highest BCUT2D eigenvalue weighted by atomic mass is 32.2. The van der Waals surface area contributed by atoms with Gasteiger partial charge in [0.25, 0.3) is 5.56 Å². The molecule has 6 nitrogen and oxygen atoms in total. The number of hydrogen-bond donors (Lipinski definition) is 0. The Bertz CT molecular complexity index is 1390. The van der Waals surface area contributed by atoms with Crippen molar-refractivity contribution in [1.82, 2.24) is 19.7 Å². The van der Waals surface area contributed by atoms with Gasteiger partial charge in [0.15, 0.2) is 5.16 Å². The highest BCUT2D eigenvalue weighted by molar-refractivity contribution is 7.98. The third-order valence-electron chi connectivity index (χ3n) is 4.46. The molecule has 0 aliphatic heterocycles. The number of benzene rings is 1. The topological polar surface area (TPSA) is 73.8 Å². The van der Waals surface area contributed by atoms with Crippen molar-refractivity contribution in [3.8, 4) is 21.8 Å². The molecule has 0 spiro atoms. The molecule has 0 atom stereocenters. The summed E-state index contributed by atoms with van der Waals surface area (Å²) in [5.41, 5.74) is 1.52. The molecule has 150 valence electrons. The number of thioether (sulfide) groups is 1. The Balaban J connectivity index is 1.41. The van der Waals surface area contributed by atoms with Gasteiger partial charge in [-0.1, -0.05) is 23.0 Å². The predicted octanol–water partition coefficient (Wildman–Crippen LogP) is 5.20. The molecule has 4 aromatic heterocycles. The zero-order valence-corrected chi connectivity index (χ0v) is 18.0. The lowest BCUT2D eigenvalue weighted by Crippen LogP contribution is -2.19. The van der Waals surface area contributed by atoms with Gasteiger partial charge in [-0.25, -0.2) is 9.37 Å². The lowest BCUT2D eigenvalue weighted by Gasteiger charge is -2.06. The molecule has 0 saturated heterocycles. The summed E-state index contributed by atoms with van der Waals surface area (Å²) in [6.45, 7) is 0. The first kappa shape index (κ1) is 19.2. The van der Waals surface area contributed by atoms with Gasteiger partial charge in [-0.3, -0.25) is 9.36 Å². The van der Waals surface area contributed by atoms with Crippen LogP contribution >= 0.6 is 34.4 Å². The Labute approximate surface area is 182 Å². The van der Waals surface area contributed by atoms with Crippen molar-refractivity contribution >= 4 is 44.7 Å². The summed E-state index contributed by atoms with van der Waals surface area (Å²) < 4.78 is 19.9. The van der Waals surface area contributed by atoms with E-state index < -0.39 is 0 Å². The summed E-state index contributed by atoms with van der Waals surface area (Å²) >= 11 is 4.41. The third-order valence-corrected chi connectivity index (χ3v) is 7.25. The van der Waals surface area contributed by atoms with Crippen LogP contribution in [0.3, 0.4) is 0 Å². The summed E-state index contributed by atoms with van der Waals surface area (Å²) in [6.07, 6.45) is 0. The van der Waals surface area contributed by atoms with Crippen molar-refractivity contribution in [2.75, 3.05) is 0 Å². The Kier molecular flexibility index (Phi) is 4.97. The molecular weight excluding hydrogens is 443 g/mol. The Morgan fingerprint density at radius 3 is 2.77 bits per heavy atom. The quantitative estimate of drug-likeness (QED) is 0.267. The second-order valence-corrected chi connectivity index (χ2v) is 9.12. The van der Waals surface area contributed by atoms with Crippen LogP contribution in [0.2, 0.25) is 0 Å². The van der Waals surface area contributed by atoms with E-state index in [1.54, 1.807) is 35.1 Å². The Hall–Kier alpha value is -2.82. The maximum Gasteiger partial charge on any atom is 0.263 e. The smallest absolute Gasteiger partial charge is 0.263 e. The monoisotopic (exact) mass is 456 g/mol. The molecule has 0 unspecified atom stereocenters. The molecule has 0 fully saturated rings. The van der Waals surface area contributed by atoms with Crippen molar-refractivity contribution < 1.29 is 8.91 Å². The van der Waals surface area contributed by atoms with Crippen LogP contribution in [0.5, 0.6) is 0 Å². The largest absolute Gasteiger partial charge is 0.338 e. The van der Waals surface area contributed by atoms with E-state index in [1.807, 2.05) is 22.9 Å². The van der Waals surface area contributed by atoms with Crippen molar-refractivity contribution in [1.29, 1.82) is 0 Å². The van der Waals surface area contributed by atoms with E-state index >= 15 is 0 Å². The third kappa shape index (κ3) is 3.47. The summed E-state index contributed by atoms with van der Waals surface area (Å²) in [5.74, 6) is 0.834. The molecule has 0 bridgehead atoms. The predicted molar refractivity (Wildman–Crippen MR) is 117 cm³/mol. The Morgan fingerprint density at radius 2 is 2.00 bits per heavy atom. The number of halogens is 1. The van der Waals surface area contributed by atoms with Crippen LogP contribution in [-0.4, -0.2) is 19.7 Å². The normalized spacial score (nSPS) is 11.4. The van der Waals surface area contributed by atoms with Crippen molar-refractivity contribution in [2.45, 2.75) is 10.9 Å². The molecule has 0 aliphatic rings. The van der Waals surface area contributed by atoms with Gasteiger partial charge < -0.3 is 4.52 Å². The van der Waals surface area contributed by atoms with Crippen LogP contribution < -0.4 is 5.56 Å². The van der Waals surface area contributed by atoms with Gasteiger partial charge in [0, 0.05) is 28.4 Å². The number of hydrogen-bond acceptors (Lipinski definition) is 8. The van der Waals surface area contributed by atoms with E-state index in [1.165, 1.54) is 35.2 Å². The second-order valence-electron chi connectivity index (χ2n) is 6.37. The van der Waals surface area contributed by atoms with Crippen LogP contribution in [0.15, 0.2) is 61.6 Å². The molecule has 1 aromatic carbocycles. The molecule has 0 aliphatic carbocycles. The number of nitrogens with zero attached hydrogens (tertiary/aromatic N) is 4. The average Bonchev–Trinajstić information content (AvgIpc) is 3.50. The summed E-state index contributed by atoms with van der Waals surface area (Å²) in [6, 6.07) is 9.86. The van der Waals surface area contributed by atoms with Gasteiger partial charge in [0.05, 0.1) is 11.1 Å². The zero-order valence-electron chi connectivity index (χ0n) is 15.5. The highest BCUT2D eigenvalue weighted by Gasteiger charge is 2.17. The average molecular weight is 457 g/mol. The first-order valence-electron chi connectivity index (χ1n) is 8.83. The van der Waals surface area contributed by atoms with E-state index in [0.717, 1.165) is 10.4 Å². The fourth-order valence-corrected chi connectivity index (χ4v) is 5.56. The first-order valence-corrected chi connectivity index (χ1v) is 11.6. The minimum atomic E-state index is -0.323. The first-order chi connectivity index (χ1) is 14.6. The van der Waals surface area contributed by atoms with E-state index in [4.69, 9.17) is 4.52 Å². The summed E-state index contributed by atoms with van der Waals surface area (Å²) in [4.78, 5) is 23.8. The van der Waals surface area contributed by atoms with E-state index in [-0.39, 0.29) is 11.4 Å². The molecule has 10 heteroatoms. The van der Waals surface area contributed by atoms with Crippen LogP contribution in [0.25, 0.3) is 32.0 Å². The van der Waals surface area contributed by atoms with E-state index in [0.29, 0.717) is 38.4 Å². The van der Waals surface area contributed by atoms with Gasteiger partial charge >= 0.3 is 0 Å². The van der Waals surface area contributed by atoms with Crippen LogP contribution in [0, 0.1) is 5.82 Å². The van der Waals surface area contributed by atoms with Crippen LogP contribution in [0.4, 0.5) is 4.39 Å². The van der Waals surface area contributed by atoms with Crippen LogP contribution in [0.1, 0.15) is 5.89 Å². The van der Waals surface area contributed by atoms with Crippen LogP contribution in [-0.2, 0) is 12.8 Å². The number of rotatable bonds is 5. The lowest BCUT2D eigenvalue weighted by atomic mass is 10.2. The molecule has 5 aromatic rings. The molecule has 4 heterocycles. The second kappa shape index (κ2) is 7.78. The molecule has 0 amide bonds. The van der Waals surface area contributed by atoms with Crippen molar-refractivity contribution in [3.05, 3.63) is 69.2 Å². The summed E-state index contributed by atoms with van der Waals surface area (Å²) in [7, 11) is 1.71. The molecule has 0 saturated carbocycles. The maximum absolute atomic E-state index is 13.1. The van der Waals surface area contributed by atoms with Gasteiger partial charge in [-0.05, 0) is 35.7 Å². The van der Waals surface area contributed by atoms with Gasteiger partial charge in [0.2, 0.25) is 11.7 Å². The minimum absolute atomic E-state index is 0.0790. The molecular formula is C20H13FN4O2S3. The minimum Gasteiger partial charge on any atom is -0.338 e. The molecule has 30 heavy (non-hydrogen) atoms. The van der Waals surface area contributed by atoms with E-state index in [9.17, 15) is 9.18 Å². The fourth-order valence-electron chi connectivity index (χ4n) is 2.95.